The van der Waals surface area contributed by atoms with Gasteiger partial charge in [0.25, 0.3) is 5.91 Å². The third-order valence-corrected chi connectivity index (χ3v) is 3.91. The standard InChI is InChI=1S/C12H22N2O2/c1-12(2,16-3)11(15)14-7-9-5-4-6-13-10(9)8-14/h9-10,13H,4-8H2,1-3H3. The zero-order valence-electron chi connectivity index (χ0n) is 10.5. The molecule has 2 atom stereocenters. The average Bonchev–Trinajstić information content (AvgIpc) is 2.71. The van der Waals surface area contributed by atoms with Crippen LogP contribution in [0.3, 0.4) is 0 Å². The summed E-state index contributed by atoms with van der Waals surface area (Å²) in [5.74, 6) is 0.761. The molecule has 2 fully saturated rings. The number of hydrogen-bond acceptors (Lipinski definition) is 3. The predicted octanol–water partition coefficient (Wildman–Crippen LogP) is 0.622. The number of methoxy groups -OCH3 is 1. The van der Waals surface area contributed by atoms with E-state index in [1.807, 2.05) is 18.7 Å². The number of nitrogens with zero attached hydrogens (tertiary/aromatic N) is 1. The van der Waals surface area contributed by atoms with E-state index in [0.717, 1.165) is 19.6 Å². The fraction of sp³-hybridized carbons (Fsp3) is 0.917. The van der Waals surface area contributed by atoms with E-state index in [1.165, 1.54) is 12.8 Å². The van der Waals surface area contributed by atoms with Gasteiger partial charge in [0.05, 0.1) is 0 Å². The van der Waals surface area contributed by atoms with Crippen LogP contribution in [0.2, 0.25) is 0 Å². The molecule has 0 aromatic carbocycles. The molecule has 0 saturated carbocycles. The molecule has 0 spiro atoms. The Hall–Kier alpha value is -0.610. The number of carbonyl (C=O) groups is 1. The van der Waals surface area contributed by atoms with Crippen LogP contribution in [0.1, 0.15) is 26.7 Å². The minimum absolute atomic E-state index is 0.117. The number of carbonyl (C=O) groups excluding carboxylic acids is 1. The van der Waals surface area contributed by atoms with Crippen molar-refractivity contribution in [3.05, 3.63) is 0 Å². The number of piperidine rings is 1. The van der Waals surface area contributed by atoms with Gasteiger partial charge >= 0.3 is 0 Å². The number of rotatable bonds is 2. The number of fused-ring (bicyclic) bond motifs is 1. The Morgan fingerprint density at radius 1 is 1.44 bits per heavy atom. The fourth-order valence-electron chi connectivity index (χ4n) is 2.68. The number of likely N-dealkylation sites (tertiary alicyclic amines) is 1. The summed E-state index contributed by atoms with van der Waals surface area (Å²) in [6.45, 7) is 6.51. The smallest absolute Gasteiger partial charge is 0.254 e. The van der Waals surface area contributed by atoms with Gasteiger partial charge in [0.15, 0.2) is 0 Å². The van der Waals surface area contributed by atoms with Gasteiger partial charge in [-0.1, -0.05) is 0 Å². The first-order valence-electron chi connectivity index (χ1n) is 6.12. The van der Waals surface area contributed by atoms with Gasteiger partial charge in [0.1, 0.15) is 5.60 Å². The van der Waals surface area contributed by atoms with E-state index in [9.17, 15) is 4.79 Å². The van der Waals surface area contributed by atoms with Gasteiger partial charge in [-0.15, -0.1) is 0 Å². The van der Waals surface area contributed by atoms with Crippen molar-refractivity contribution in [2.45, 2.75) is 38.3 Å². The highest BCUT2D eigenvalue weighted by Gasteiger charge is 2.41. The van der Waals surface area contributed by atoms with Gasteiger partial charge in [-0.3, -0.25) is 4.79 Å². The normalized spacial score (nSPS) is 30.3. The molecule has 4 heteroatoms. The summed E-state index contributed by atoms with van der Waals surface area (Å²) in [4.78, 5) is 14.2. The van der Waals surface area contributed by atoms with Gasteiger partial charge in [-0.2, -0.15) is 0 Å². The molecule has 1 amide bonds. The van der Waals surface area contributed by atoms with Gasteiger partial charge in [0.2, 0.25) is 0 Å². The lowest BCUT2D eigenvalue weighted by Crippen LogP contribution is -2.46. The summed E-state index contributed by atoms with van der Waals surface area (Å²) in [6, 6.07) is 0.505. The van der Waals surface area contributed by atoms with Crippen molar-refractivity contribution in [3.63, 3.8) is 0 Å². The SMILES string of the molecule is COC(C)(C)C(=O)N1CC2CCCNC2C1. The molecule has 0 radical (unpaired) electrons. The van der Waals surface area contributed by atoms with Crippen LogP contribution in [0.25, 0.3) is 0 Å². The van der Waals surface area contributed by atoms with Crippen LogP contribution in [0.4, 0.5) is 0 Å². The van der Waals surface area contributed by atoms with Crippen LogP contribution in [-0.2, 0) is 9.53 Å². The maximum Gasteiger partial charge on any atom is 0.254 e. The zero-order chi connectivity index (χ0) is 11.8. The lowest BCUT2D eigenvalue weighted by Gasteiger charge is -2.27. The molecule has 2 saturated heterocycles. The first-order chi connectivity index (χ1) is 7.54. The number of nitrogens with one attached hydrogen (secondary N) is 1. The monoisotopic (exact) mass is 226 g/mol. The highest BCUT2D eigenvalue weighted by molar-refractivity contribution is 5.84. The molecule has 0 aromatic heterocycles. The molecule has 4 nitrogen and oxygen atoms in total. The van der Waals surface area contributed by atoms with E-state index in [-0.39, 0.29) is 5.91 Å². The van der Waals surface area contributed by atoms with E-state index in [4.69, 9.17) is 4.74 Å². The summed E-state index contributed by atoms with van der Waals surface area (Å²) < 4.78 is 5.25. The molecule has 0 aliphatic carbocycles. The quantitative estimate of drug-likeness (QED) is 0.750. The molecule has 2 heterocycles. The van der Waals surface area contributed by atoms with Crippen molar-refractivity contribution >= 4 is 5.91 Å². The lowest BCUT2D eigenvalue weighted by molar-refractivity contribution is -0.150. The topological polar surface area (TPSA) is 41.6 Å². The Bertz CT molecular complexity index is 264. The summed E-state index contributed by atoms with van der Waals surface area (Å²) in [6.07, 6.45) is 2.48. The third kappa shape index (κ3) is 2.09. The van der Waals surface area contributed by atoms with Crippen LogP contribution in [0.5, 0.6) is 0 Å². The Balaban J connectivity index is 2.00. The summed E-state index contributed by atoms with van der Waals surface area (Å²) in [5, 5.41) is 3.50. The number of hydrogen-bond donors (Lipinski definition) is 1. The van der Waals surface area contributed by atoms with Crippen molar-refractivity contribution in [1.82, 2.24) is 10.2 Å². The van der Waals surface area contributed by atoms with Gasteiger partial charge in [-0.05, 0) is 39.2 Å². The molecular formula is C12H22N2O2. The second kappa shape index (κ2) is 4.34. The lowest BCUT2D eigenvalue weighted by atomic mass is 9.94. The fourth-order valence-corrected chi connectivity index (χ4v) is 2.68. The molecule has 92 valence electrons. The molecule has 0 bridgehead atoms. The number of amides is 1. The largest absolute Gasteiger partial charge is 0.369 e. The van der Waals surface area contributed by atoms with Crippen LogP contribution >= 0.6 is 0 Å². The molecule has 2 aliphatic heterocycles. The van der Waals surface area contributed by atoms with Crippen molar-refractivity contribution in [3.8, 4) is 0 Å². The van der Waals surface area contributed by atoms with E-state index >= 15 is 0 Å². The highest BCUT2D eigenvalue weighted by atomic mass is 16.5. The predicted molar refractivity (Wildman–Crippen MR) is 62.2 cm³/mol. The van der Waals surface area contributed by atoms with Crippen LogP contribution < -0.4 is 5.32 Å². The molecule has 2 unspecified atom stereocenters. The van der Waals surface area contributed by atoms with Crippen LogP contribution in [-0.4, -0.2) is 49.2 Å². The van der Waals surface area contributed by atoms with Gasteiger partial charge in [-0.25, -0.2) is 0 Å². The second-order valence-corrected chi connectivity index (χ2v) is 5.39. The first kappa shape index (κ1) is 11.9. The molecular weight excluding hydrogens is 204 g/mol. The van der Waals surface area contributed by atoms with Gasteiger partial charge in [0, 0.05) is 26.2 Å². The molecule has 16 heavy (non-hydrogen) atoms. The third-order valence-electron chi connectivity index (χ3n) is 3.91. The Kier molecular flexibility index (Phi) is 3.22. The molecule has 2 aliphatic rings. The Morgan fingerprint density at radius 3 is 2.81 bits per heavy atom. The van der Waals surface area contributed by atoms with Crippen LogP contribution in [0.15, 0.2) is 0 Å². The molecule has 0 aromatic rings. The van der Waals surface area contributed by atoms with E-state index in [0.29, 0.717) is 12.0 Å². The summed E-state index contributed by atoms with van der Waals surface area (Å²) in [7, 11) is 1.60. The minimum atomic E-state index is -0.687. The van der Waals surface area contributed by atoms with E-state index in [2.05, 4.69) is 5.32 Å². The van der Waals surface area contributed by atoms with Gasteiger partial charge < -0.3 is 15.0 Å². The van der Waals surface area contributed by atoms with Crippen molar-refractivity contribution in [1.29, 1.82) is 0 Å². The van der Waals surface area contributed by atoms with E-state index in [1.54, 1.807) is 7.11 Å². The molecule has 2 rings (SSSR count). The zero-order valence-corrected chi connectivity index (χ0v) is 10.5. The maximum absolute atomic E-state index is 12.2. The molecule has 1 N–H and O–H groups in total. The van der Waals surface area contributed by atoms with E-state index < -0.39 is 5.60 Å². The maximum atomic E-state index is 12.2. The highest BCUT2D eigenvalue weighted by Crippen LogP contribution is 2.27. The summed E-state index contributed by atoms with van der Waals surface area (Å²) >= 11 is 0. The Morgan fingerprint density at radius 2 is 2.19 bits per heavy atom. The number of ether oxygens (including phenoxy) is 1. The average molecular weight is 226 g/mol. The minimum Gasteiger partial charge on any atom is -0.369 e. The second-order valence-electron chi connectivity index (χ2n) is 5.39. The van der Waals surface area contributed by atoms with Crippen molar-refractivity contribution in [2.24, 2.45) is 5.92 Å². The van der Waals surface area contributed by atoms with Crippen LogP contribution in [0, 0.1) is 5.92 Å². The van der Waals surface area contributed by atoms with Crippen molar-refractivity contribution < 1.29 is 9.53 Å². The first-order valence-corrected chi connectivity index (χ1v) is 6.12. The summed E-state index contributed by atoms with van der Waals surface area (Å²) in [5.41, 5.74) is -0.687. The van der Waals surface area contributed by atoms with Crippen molar-refractivity contribution in [2.75, 3.05) is 26.7 Å². The Labute approximate surface area is 97.3 Å².